The maximum Gasteiger partial charge on any atom is 0.220 e. The first kappa shape index (κ1) is 12.7. The summed E-state index contributed by atoms with van der Waals surface area (Å²) in [6, 6.07) is 7.14. The van der Waals surface area contributed by atoms with E-state index in [0.717, 1.165) is 31.9 Å². The predicted molar refractivity (Wildman–Crippen MR) is 78.6 cm³/mol. The molecule has 0 amide bonds. The van der Waals surface area contributed by atoms with Crippen molar-refractivity contribution in [3.05, 3.63) is 30.5 Å². The molecule has 0 saturated carbocycles. The molecular formula is C14H17N5O. The first-order valence-electron chi connectivity index (χ1n) is 6.62. The fourth-order valence-electron chi connectivity index (χ4n) is 2.40. The van der Waals surface area contributed by atoms with Gasteiger partial charge in [-0.1, -0.05) is 12.1 Å². The lowest BCUT2D eigenvalue weighted by molar-refractivity contribution is 0.477. The first-order valence-corrected chi connectivity index (χ1v) is 6.62. The Bertz CT molecular complexity index is 610. The van der Waals surface area contributed by atoms with Gasteiger partial charge in [0.05, 0.1) is 11.9 Å². The molecule has 1 aromatic heterocycles. The van der Waals surface area contributed by atoms with Gasteiger partial charge in [0.25, 0.3) is 0 Å². The molecule has 0 aliphatic carbocycles. The van der Waals surface area contributed by atoms with Gasteiger partial charge in [-0.2, -0.15) is 0 Å². The zero-order valence-electron chi connectivity index (χ0n) is 11.1. The van der Waals surface area contributed by atoms with Gasteiger partial charge in [0.2, 0.25) is 5.95 Å². The highest BCUT2D eigenvalue weighted by atomic mass is 16.3. The topological polar surface area (TPSA) is 87.3 Å². The molecule has 0 unspecified atom stereocenters. The number of piperazine rings is 1. The van der Waals surface area contributed by atoms with Crippen molar-refractivity contribution < 1.29 is 5.11 Å². The standard InChI is InChI=1S/C14H17N5O/c15-14-17-9-11(19-7-5-16-6-8-19)13(18-14)10-3-1-2-4-12(10)20/h1-4,9,16,20H,5-8H2,(H2,15,17,18). The number of nitrogens with two attached hydrogens (primary N) is 1. The Hall–Kier alpha value is -2.34. The summed E-state index contributed by atoms with van der Waals surface area (Å²) in [5.41, 5.74) is 7.97. The second-order valence-corrected chi connectivity index (χ2v) is 4.72. The fourth-order valence-corrected chi connectivity index (χ4v) is 2.40. The molecule has 0 atom stereocenters. The highest BCUT2D eigenvalue weighted by Crippen LogP contribution is 2.34. The average Bonchev–Trinajstić information content (AvgIpc) is 2.48. The van der Waals surface area contributed by atoms with E-state index in [9.17, 15) is 5.11 Å². The van der Waals surface area contributed by atoms with E-state index in [1.807, 2.05) is 12.1 Å². The Morgan fingerprint density at radius 3 is 2.70 bits per heavy atom. The van der Waals surface area contributed by atoms with Crippen LogP contribution < -0.4 is 16.0 Å². The molecule has 1 aliphatic rings. The van der Waals surface area contributed by atoms with Crippen molar-refractivity contribution in [3.8, 4) is 17.0 Å². The van der Waals surface area contributed by atoms with Crippen LogP contribution >= 0.6 is 0 Å². The Balaban J connectivity index is 2.09. The van der Waals surface area contributed by atoms with Crippen LogP contribution in [0, 0.1) is 0 Å². The molecule has 2 aromatic rings. The van der Waals surface area contributed by atoms with Gasteiger partial charge >= 0.3 is 0 Å². The monoisotopic (exact) mass is 271 g/mol. The molecule has 1 aromatic carbocycles. The second kappa shape index (κ2) is 5.34. The van der Waals surface area contributed by atoms with Gasteiger partial charge in [0.15, 0.2) is 0 Å². The third-order valence-corrected chi connectivity index (χ3v) is 3.40. The van der Waals surface area contributed by atoms with Crippen molar-refractivity contribution >= 4 is 11.6 Å². The van der Waals surface area contributed by atoms with Gasteiger partial charge in [0.1, 0.15) is 11.4 Å². The van der Waals surface area contributed by atoms with E-state index in [-0.39, 0.29) is 11.7 Å². The Labute approximate surface area is 117 Å². The molecule has 2 heterocycles. The van der Waals surface area contributed by atoms with Crippen molar-refractivity contribution in [3.63, 3.8) is 0 Å². The summed E-state index contributed by atoms with van der Waals surface area (Å²) in [6.45, 7) is 3.61. The zero-order chi connectivity index (χ0) is 13.9. The summed E-state index contributed by atoms with van der Waals surface area (Å²) in [5.74, 6) is 0.407. The van der Waals surface area contributed by atoms with Gasteiger partial charge in [-0.05, 0) is 12.1 Å². The van der Waals surface area contributed by atoms with E-state index in [2.05, 4.69) is 20.2 Å². The van der Waals surface area contributed by atoms with Crippen molar-refractivity contribution in [2.75, 3.05) is 36.8 Å². The van der Waals surface area contributed by atoms with Crippen LogP contribution in [0.3, 0.4) is 0 Å². The maximum atomic E-state index is 10.0. The van der Waals surface area contributed by atoms with Crippen LogP contribution in [0.2, 0.25) is 0 Å². The molecule has 0 bridgehead atoms. The summed E-state index contributed by atoms with van der Waals surface area (Å²) in [6.07, 6.45) is 1.73. The van der Waals surface area contributed by atoms with Crippen LogP contribution in [0.5, 0.6) is 5.75 Å². The molecule has 1 fully saturated rings. The summed E-state index contributed by atoms with van der Waals surface area (Å²) < 4.78 is 0. The van der Waals surface area contributed by atoms with Crippen LogP contribution in [-0.4, -0.2) is 41.3 Å². The lowest BCUT2D eigenvalue weighted by atomic mass is 10.1. The van der Waals surface area contributed by atoms with E-state index in [1.54, 1.807) is 18.3 Å². The average molecular weight is 271 g/mol. The SMILES string of the molecule is Nc1ncc(N2CCNCC2)c(-c2ccccc2O)n1. The van der Waals surface area contributed by atoms with Crippen molar-refractivity contribution in [1.29, 1.82) is 0 Å². The Morgan fingerprint density at radius 2 is 1.95 bits per heavy atom. The number of benzene rings is 1. The fraction of sp³-hybridized carbons (Fsp3) is 0.286. The van der Waals surface area contributed by atoms with Gasteiger partial charge in [-0.15, -0.1) is 0 Å². The lowest BCUT2D eigenvalue weighted by Gasteiger charge is -2.30. The van der Waals surface area contributed by atoms with E-state index in [4.69, 9.17) is 5.73 Å². The molecule has 1 aliphatic heterocycles. The summed E-state index contributed by atoms with van der Waals surface area (Å²) in [4.78, 5) is 10.6. The number of hydrogen-bond donors (Lipinski definition) is 3. The number of nitrogens with one attached hydrogen (secondary N) is 1. The van der Waals surface area contributed by atoms with Gasteiger partial charge in [-0.3, -0.25) is 0 Å². The van der Waals surface area contributed by atoms with Crippen LogP contribution in [0.25, 0.3) is 11.3 Å². The smallest absolute Gasteiger partial charge is 0.220 e. The minimum atomic E-state index is 0.196. The highest BCUT2D eigenvalue weighted by Gasteiger charge is 2.18. The third kappa shape index (κ3) is 2.37. The molecule has 6 heteroatoms. The number of phenols is 1. The van der Waals surface area contributed by atoms with Gasteiger partial charge in [0, 0.05) is 31.7 Å². The molecule has 6 nitrogen and oxygen atoms in total. The molecular weight excluding hydrogens is 254 g/mol. The molecule has 4 N–H and O–H groups in total. The van der Waals surface area contributed by atoms with Crippen LogP contribution in [0.4, 0.5) is 11.6 Å². The number of nitrogens with zero attached hydrogens (tertiary/aromatic N) is 3. The minimum Gasteiger partial charge on any atom is -0.507 e. The van der Waals surface area contributed by atoms with E-state index < -0.39 is 0 Å². The van der Waals surface area contributed by atoms with Crippen LogP contribution in [0.1, 0.15) is 0 Å². The quantitative estimate of drug-likeness (QED) is 0.750. The molecule has 1 saturated heterocycles. The number of aromatic nitrogens is 2. The summed E-state index contributed by atoms with van der Waals surface area (Å²) >= 11 is 0. The molecule has 3 rings (SSSR count). The molecule has 0 radical (unpaired) electrons. The number of hydrogen-bond acceptors (Lipinski definition) is 6. The Morgan fingerprint density at radius 1 is 1.20 bits per heavy atom. The number of anilines is 2. The second-order valence-electron chi connectivity index (χ2n) is 4.72. The lowest BCUT2D eigenvalue weighted by Crippen LogP contribution is -2.43. The third-order valence-electron chi connectivity index (χ3n) is 3.40. The number of rotatable bonds is 2. The molecule has 104 valence electrons. The van der Waals surface area contributed by atoms with Crippen LogP contribution in [-0.2, 0) is 0 Å². The minimum absolute atomic E-state index is 0.196. The van der Waals surface area contributed by atoms with Gasteiger partial charge < -0.3 is 21.1 Å². The highest BCUT2D eigenvalue weighted by molar-refractivity contribution is 5.79. The molecule has 0 spiro atoms. The maximum absolute atomic E-state index is 10.0. The van der Waals surface area contributed by atoms with E-state index in [0.29, 0.717) is 11.3 Å². The van der Waals surface area contributed by atoms with Crippen molar-refractivity contribution in [2.24, 2.45) is 0 Å². The van der Waals surface area contributed by atoms with E-state index in [1.165, 1.54) is 0 Å². The largest absolute Gasteiger partial charge is 0.507 e. The number of phenolic OH excluding ortho intramolecular Hbond substituents is 1. The van der Waals surface area contributed by atoms with Crippen molar-refractivity contribution in [2.45, 2.75) is 0 Å². The number of nitrogen functional groups attached to an aromatic ring is 1. The summed E-state index contributed by atoms with van der Waals surface area (Å²) in [7, 11) is 0. The van der Waals surface area contributed by atoms with E-state index >= 15 is 0 Å². The van der Waals surface area contributed by atoms with Crippen LogP contribution in [0.15, 0.2) is 30.5 Å². The summed E-state index contributed by atoms with van der Waals surface area (Å²) in [5, 5.41) is 13.4. The first-order chi connectivity index (χ1) is 9.75. The number of para-hydroxylation sites is 1. The normalized spacial score (nSPS) is 15.3. The van der Waals surface area contributed by atoms with Crippen molar-refractivity contribution in [1.82, 2.24) is 15.3 Å². The predicted octanol–water partition coefficient (Wildman–Crippen LogP) is 0.841. The van der Waals surface area contributed by atoms with Gasteiger partial charge in [-0.25, -0.2) is 9.97 Å². The number of aromatic hydroxyl groups is 1. The zero-order valence-corrected chi connectivity index (χ0v) is 11.1. The molecule has 20 heavy (non-hydrogen) atoms. The Kier molecular flexibility index (Phi) is 3.39.